The number of halogens is 1. The minimum Gasteiger partial charge on any atom is -0.507 e. The minimum atomic E-state index is -0.198. The molecule has 2 fully saturated rings. The molecule has 1 aromatic rings. The van der Waals surface area contributed by atoms with Gasteiger partial charge in [-0.25, -0.2) is 0 Å². The van der Waals surface area contributed by atoms with E-state index < -0.39 is 0 Å². The normalized spacial score (nSPS) is 19.1. The first kappa shape index (κ1) is 18.0. The van der Waals surface area contributed by atoms with Crippen LogP contribution < -0.4 is 0 Å². The van der Waals surface area contributed by atoms with Gasteiger partial charge in [-0.05, 0) is 37.5 Å². The van der Waals surface area contributed by atoms with Crippen LogP contribution in [0.3, 0.4) is 0 Å². The van der Waals surface area contributed by atoms with E-state index in [1.54, 1.807) is 17.0 Å². The lowest BCUT2D eigenvalue weighted by Crippen LogP contribution is -2.52. The molecule has 3 rings (SSSR count). The zero-order chi connectivity index (χ0) is 17.8. The molecule has 0 atom stereocenters. The zero-order valence-corrected chi connectivity index (χ0v) is 15.0. The number of carbonyl (C=O) groups is 2. The van der Waals surface area contributed by atoms with E-state index in [0.717, 1.165) is 25.9 Å². The molecule has 7 heteroatoms. The van der Waals surface area contributed by atoms with Crippen LogP contribution in [0.2, 0.25) is 5.02 Å². The molecule has 0 bridgehead atoms. The Kier molecular flexibility index (Phi) is 5.81. The van der Waals surface area contributed by atoms with Gasteiger partial charge in [-0.3, -0.25) is 14.5 Å². The summed E-state index contributed by atoms with van der Waals surface area (Å²) in [5.74, 6) is -0.105. The van der Waals surface area contributed by atoms with Crippen molar-refractivity contribution in [1.82, 2.24) is 14.7 Å². The SMILES string of the molecule is O=C(CN1CCN(C(=O)c2ccc(Cl)cc2O)CC1)N1CCCCC1. The molecule has 1 N–H and O–H groups in total. The van der Waals surface area contributed by atoms with Crippen molar-refractivity contribution in [3.8, 4) is 5.75 Å². The Labute approximate surface area is 152 Å². The van der Waals surface area contributed by atoms with Gasteiger partial charge < -0.3 is 14.9 Å². The van der Waals surface area contributed by atoms with Gasteiger partial charge in [-0.2, -0.15) is 0 Å². The second-order valence-electron chi connectivity index (χ2n) is 6.67. The van der Waals surface area contributed by atoms with E-state index in [-0.39, 0.29) is 23.1 Å². The van der Waals surface area contributed by atoms with Crippen LogP contribution in [0.4, 0.5) is 0 Å². The van der Waals surface area contributed by atoms with Crippen LogP contribution in [0.25, 0.3) is 0 Å². The molecule has 2 saturated heterocycles. The van der Waals surface area contributed by atoms with Crippen LogP contribution >= 0.6 is 11.6 Å². The van der Waals surface area contributed by atoms with Crippen LogP contribution in [0.15, 0.2) is 18.2 Å². The van der Waals surface area contributed by atoms with Crippen molar-refractivity contribution >= 4 is 23.4 Å². The molecule has 6 nitrogen and oxygen atoms in total. The number of piperidine rings is 1. The Morgan fingerprint density at radius 3 is 2.28 bits per heavy atom. The van der Waals surface area contributed by atoms with Crippen LogP contribution in [-0.2, 0) is 4.79 Å². The monoisotopic (exact) mass is 365 g/mol. The van der Waals surface area contributed by atoms with Crippen molar-refractivity contribution < 1.29 is 14.7 Å². The number of hydrogen-bond donors (Lipinski definition) is 1. The van der Waals surface area contributed by atoms with E-state index in [1.165, 1.54) is 12.5 Å². The van der Waals surface area contributed by atoms with Crippen LogP contribution in [0.1, 0.15) is 29.6 Å². The lowest BCUT2D eigenvalue weighted by molar-refractivity contribution is -0.133. The van der Waals surface area contributed by atoms with Crippen molar-refractivity contribution in [2.75, 3.05) is 45.8 Å². The van der Waals surface area contributed by atoms with E-state index in [1.807, 2.05) is 4.90 Å². The maximum atomic E-state index is 12.5. The van der Waals surface area contributed by atoms with Crippen molar-refractivity contribution in [3.63, 3.8) is 0 Å². The quantitative estimate of drug-likeness (QED) is 0.887. The Hall–Kier alpha value is -1.79. The number of benzene rings is 1. The summed E-state index contributed by atoms with van der Waals surface area (Å²) in [6.45, 7) is 4.59. The number of amides is 2. The van der Waals surface area contributed by atoms with Gasteiger partial charge in [0, 0.05) is 44.3 Å². The number of rotatable bonds is 3. The summed E-state index contributed by atoms with van der Waals surface area (Å²) in [7, 11) is 0. The summed E-state index contributed by atoms with van der Waals surface area (Å²) < 4.78 is 0. The number of likely N-dealkylation sites (tertiary alicyclic amines) is 1. The van der Waals surface area contributed by atoms with Crippen molar-refractivity contribution in [2.45, 2.75) is 19.3 Å². The molecule has 0 radical (unpaired) electrons. The number of hydrogen-bond acceptors (Lipinski definition) is 4. The molecule has 0 saturated carbocycles. The standard InChI is InChI=1S/C18H24ClN3O3/c19-14-4-5-15(16(23)12-14)18(25)22-10-8-20(9-11-22)13-17(24)21-6-2-1-3-7-21/h4-5,12,23H,1-3,6-11,13H2. The fourth-order valence-electron chi connectivity index (χ4n) is 3.40. The summed E-state index contributed by atoms with van der Waals surface area (Å²) in [5.41, 5.74) is 0.266. The molecule has 0 aromatic heterocycles. The number of phenolic OH excluding ortho intramolecular Hbond substituents is 1. The van der Waals surface area contributed by atoms with Gasteiger partial charge in [-0.1, -0.05) is 11.6 Å². The van der Waals surface area contributed by atoms with Crippen molar-refractivity contribution in [1.29, 1.82) is 0 Å². The van der Waals surface area contributed by atoms with Gasteiger partial charge in [0.15, 0.2) is 0 Å². The van der Waals surface area contributed by atoms with Gasteiger partial charge in [0.05, 0.1) is 12.1 Å². The number of aromatic hydroxyl groups is 1. The highest BCUT2D eigenvalue weighted by Gasteiger charge is 2.26. The first-order valence-corrected chi connectivity index (χ1v) is 9.20. The van der Waals surface area contributed by atoms with Crippen molar-refractivity contribution in [2.24, 2.45) is 0 Å². The lowest BCUT2D eigenvalue weighted by Gasteiger charge is -2.36. The van der Waals surface area contributed by atoms with Gasteiger partial charge in [0.1, 0.15) is 5.75 Å². The van der Waals surface area contributed by atoms with Gasteiger partial charge >= 0.3 is 0 Å². The predicted octanol–water partition coefficient (Wildman–Crippen LogP) is 1.82. The highest BCUT2D eigenvalue weighted by molar-refractivity contribution is 6.30. The first-order valence-electron chi connectivity index (χ1n) is 8.82. The molecule has 25 heavy (non-hydrogen) atoms. The molecule has 2 amide bonds. The summed E-state index contributed by atoms with van der Waals surface area (Å²) in [4.78, 5) is 30.6. The minimum absolute atomic E-state index is 0.0970. The zero-order valence-electron chi connectivity index (χ0n) is 14.3. The number of piperazine rings is 1. The lowest BCUT2D eigenvalue weighted by atomic mass is 10.1. The maximum absolute atomic E-state index is 12.5. The van der Waals surface area contributed by atoms with Crippen molar-refractivity contribution in [3.05, 3.63) is 28.8 Å². The average Bonchev–Trinajstić information content (AvgIpc) is 2.62. The van der Waals surface area contributed by atoms with Gasteiger partial charge in [0.25, 0.3) is 5.91 Å². The third-order valence-corrected chi connectivity index (χ3v) is 5.15. The fraction of sp³-hybridized carbons (Fsp3) is 0.556. The number of nitrogens with zero attached hydrogens (tertiary/aromatic N) is 3. The topological polar surface area (TPSA) is 64.1 Å². The molecule has 1 aromatic carbocycles. The molecule has 0 unspecified atom stereocenters. The molecule has 136 valence electrons. The van der Waals surface area contributed by atoms with E-state index in [0.29, 0.717) is 37.7 Å². The smallest absolute Gasteiger partial charge is 0.257 e. The highest BCUT2D eigenvalue weighted by Crippen LogP contribution is 2.23. The molecule has 2 heterocycles. The van der Waals surface area contributed by atoms with E-state index in [9.17, 15) is 14.7 Å². The van der Waals surface area contributed by atoms with Crippen LogP contribution in [0, 0.1) is 0 Å². The highest BCUT2D eigenvalue weighted by atomic mass is 35.5. The number of carbonyl (C=O) groups excluding carboxylic acids is 2. The predicted molar refractivity (Wildman–Crippen MR) is 95.9 cm³/mol. The second-order valence-corrected chi connectivity index (χ2v) is 7.11. The molecule has 0 spiro atoms. The van der Waals surface area contributed by atoms with Gasteiger partial charge in [0.2, 0.25) is 5.91 Å². The first-order chi connectivity index (χ1) is 12.0. The molecule has 0 aliphatic carbocycles. The third-order valence-electron chi connectivity index (χ3n) is 4.92. The van der Waals surface area contributed by atoms with E-state index >= 15 is 0 Å². The molecular weight excluding hydrogens is 342 g/mol. The fourth-order valence-corrected chi connectivity index (χ4v) is 3.57. The van der Waals surface area contributed by atoms with E-state index in [2.05, 4.69) is 4.90 Å². The Morgan fingerprint density at radius 1 is 0.960 bits per heavy atom. The molecule has 2 aliphatic heterocycles. The summed E-state index contributed by atoms with van der Waals surface area (Å²) in [6.07, 6.45) is 3.40. The summed E-state index contributed by atoms with van der Waals surface area (Å²) in [6, 6.07) is 4.52. The maximum Gasteiger partial charge on any atom is 0.257 e. The average molecular weight is 366 g/mol. The molecule has 2 aliphatic rings. The summed E-state index contributed by atoms with van der Waals surface area (Å²) >= 11 is 5.81. The largest absolute Gasteiger partial charge is 0.507 e. The Balaban J connectivity index is 1.51. The Bertz CT molecular complexity index is 638. The Morgan fingerprint density at radius 2 is 1.64 bits per heavy atom. The number of phenols is 1. The van der Waals surface area contributed by atoms with Gasteiger partial charge in [-0.15, -0.1) is 0 Å². The second kappa shape index (κ2) is 8.06. The van der Waals surface area contributed by atoms with Crippen LogP contribution in [-0.4, -0.2) is 77.4 Å². The van der Waals surface area contributed by atoms with E-state index in [4.69, 9.17) is 11.6 Å². The third kappa shape index (κ3) is 4.44. The van der Waals surface area contributed by atoms with Crippen LogP contribution in [0.5, 0.6) is 5.75 Å². The molecular formula is C18H24ClN3O3. The summed E-state index contributed by atoms with van der Waals surface area (Å²) in [5, 5.41) is 10.3.